The van der Waals surface area contributed by atoms with Gasteiger partial charge >= 0.3 is 0 Å². The number of rotatable bonds is 4. The second kappa shape index (κ2) is 7.62. The van der Waals surface area contributed by atoms with Crippen molar-refractivity contribution in [3.8, 4) is 11.3 Å². The molecule has 0 aliphatic carbocycles. The molecule has 0 amide bonds. The Kier molecular flexibility index (Phi) is 5.29. The SMILES string of the molecule is Cc1ccc(-c2csc(=NC(C)C)n2N=Cc2ccccc2C)cc1. The molecule has 3 rings (SSSR count). The number of nitrogens with zero attached hydrogens (tertiary/aromatic N) is 3. The van der Waals surface area contributed by atoms with Crippen LogP contribution in [0.5, 0.6) is 0 Å². The zero-order chi connectivity index (χ0) is 17.8. The molecule has 0 radical (unpaired) electrons. The van der Waals surface area contributed by atoms with Crippen molar-refractivity contribution in [1.82, 2.24) is 4.68 Å². The second-order valence-corrected chi connectivity index (χ2v) is 7.24. The molecule has 1 aromatic heterocycles. The highest BCUT2D eigenvalue weighted by Gasteiger charge is 2.08. The topological polar surface area (TPSA) is 29.6 Å². The smallest absolute Gasteiger partial charge is 0.206 e. The molecule has 0 aliphatic heterocycles. The summed E-state index contributed by atoms with van der Waals surface area (Å²) >= 11 is 1.63. The zero-order valence-electron chi connectivity index (χ0n) is 15.1. The fourth-order valence-corrected chi connectivity index (χ4v) is 3.47. The first kappa shape index (κ1) is 17.4. The quantitative estimate of drug-likeness (QED) is 0.592. The maximum Gasteiger partial charge on any atom is 0.206 e. The van der Waals surface area contributed by atoms with Crippen LogP contribution in [0, 0.1) is 13.8 Å². The summed E-state index contributed by atoms with van der Waals surface area (Å²) < 4.78 is 1.95. The fraction of sp³-hybridized carbons (Fsp3) is 0.238. The van der Waals surface area contributed by atoms with Crippen molar-refractivity contribution >= 4 is 17.6 Å². The van der Waals surface area contributed by atoms with Crippen molar-refractivity contribution < 1.29 is 0 Å². The molecule has 0 N–H and O–H groups in total. The van der Waals surface area contributed by atoms with E-state index in [2.05, 4.69) is 69.5 Å². The first-order valence-electron chi connectivity index (χ1n) is 8.46. The van der Waals surface area contributed by atoms with Crippen LogP contribution in [0.25, 0.3) is 11.3 Å². The molecule has 128 valence electrons. The van der Waals surface area contributed by atoms with Crippen molar-refractivity contribution in [1.29, 1.82) is 0 Å². The van der Waals surface area contributed by atoms with Gasteiger partial charge in [0.2, 0.25) is 4.80 Å². The molecule has 3 aromatic rings. The fourth-order valence-electron chi connectivity index (χ4n) is 2.50. The van der Waals surface area contributed by atoms with Gasteiger partial charge in [0.15, 0.2) is 0 Å². The van der Waals surface area contributed by atoms with E-state index in [1.165, 1.54) is 11.1 Å². The van der Waals surface area contributed by atoms with Crippen molar-refractivity contribution in [2.75, 3.05) is 0 Å². The van der Waals surface area contributed by atoms with Crippen LogP contribution in [0.3, 0.4) is 0 Å². The monoisotopic (exact) mass is 349 g/mol. The minimum Gasteiger partial charge on any atom is -0.255 e. The number of aromatic nitrogens is 1. The molecule has 0 bridgehead atoms. The van der Waals surface area contributed by atoms with Gasteiger partial charge in [0, 0.05) is 17.0 Å². The lowest BCUT2D eigenvalue weighted by molar-refractivity contribution is 0.754. The minimum absolute atomic E-state index is 0.226. The maximum absolute atomic E-state index is 4.76. The average Bonchev–Trinajstić information content (AvgIpc) is 2.97. The molecule has 0 saturated carbocycles. The molecule has 25 heavy (non-hydrogen) atoms. The predicted octanol–water partition coefficient (Wildman–Crippen LogP) is 5.02. The lowest BCUT2D eigenvalue weighted by Gasteiger charge is -2.05. The standard InChI is InChI=1S/C21H23N3S/c1-15(2)23-21-24(22-13-19-8-6-5-7-17(19)4)20(14-25-21)18-11-9-16(3)10-12-18/h5-15H,1-4H3. The summed E-state index contributed by atoms with van der Waals surface area (Å²) in [6.45, 7) is 8.36. The molecule has 0 saturated heterocycles. The van der Waals surface area contributed by atoms with E-state index in [1.54, 1.807) is 11.3 Å². The number of aryl methyl sites for hydroxylation is 2. The molecule has 0 unspecified atom stereocenters. The summed E-state index contributed by atoms with van der Waals surface area (Å²) in [4.78, 5) is 5.64. The van der Waals surface area contributed by atoms with Gasteiger partial charge in [0.1, 0.15) is 0 Å². The Hall–Kier alpha value is -2.46. The van der Waals surface area contributed by atoms with Gasteiger partial charge in [0.05, 0.1) is 11.9 Å². The summed E-state index contributed by atoms with van der Waals surface area (Å²) in [6.07, 6.45) is 1.92. The van der Waals surface area contributed by atoms with Crippen LogP contribution in [0.15, 0.2) is 64.0 Å². The molecule has 0 aliphatic rings. The summed E-state index contributed by atoms with van der Waals surface area (Å²) in [5.74, 6) is 0. The Morgan fingerprint density at radius 1 is 1.00 bits per heavy atom. The van der Waals surface area contributed by atoms with E-state index in [9.17, 15) is 0 Å². The van der Waals surface area contributed by atoms with Gasteiger partial charge in [-0.2, -0.15) is 5.10 Å². The highest BCUT2D eigenvalue weighted by atomic mass is 32.1. The second-order valence-electron chi connectivity index (χ2n) is 6.41. The lowest BCUT2D eigenvalue weighted by Crippen LogP contribution is -2.14. The summed E-state index contributed by atoms with van der Waals surface area (Å²) in [7, 11) is 0. The first-order valence-corrected chi connectivity index (χ1v) is 9.34. The van der Waals surface area contributed by atoms with Gasteiger partial charge in [-0.05, 0) is 38.8 Å². The van der Waals surface area contributed by atoms with Crippen LogP contribution in [-0.2, 0) is 0 Å². The average molecular weight is 350 g/mol. The van der Waals surface area contributed by atoms with Gasteiger partial charge in [-0.3, -0.25) is 4.99 Å². The van der Waals surface area contributed by atoms with Crippen molar-refractivity contribution in [2.24, 2.45) is 10.1 Å². The number of hydrogen-bond donors (Lipinski definition) is 0. The van der Waals surface area contributed by atoms with E-state index >= 15 is 0 Å². The third-order valence-corrected chi connectivity index (χ3v) is 4.73. The van der Waals surface area contributed by atoms with Crippen LogP contribution in [0.4, 0.5) is 0 Å². The van der Waals surface area contributed by atoms with E-state index in [0.29, 0.717) is 0 Å². The third-order valence-electron chi connectivity index (χ3n) is 3.90. The van der Waals surface area contributed by atoms with E-state index in [0.717, 1.165) is 21.6 Å². The third kappa shape index (κ3) is 4.15. The highest BCUT2D eigenvalue weighted by Crippen LogP contribution is 2.21. The van der Waals surface area contributed by atoms with E-state index in [1.807, 2.05) is 23.0 Å². The van der Waals surface area contributed by atoms with E-state index in [4.69, 9.17) is 10.1 Å². The molecule has 0 fully saturated rings. The van der Waals surface area contributed by atoms with Crippen LogP contribution in [0.2, 0.25) is 0 Å². The van der Waals surface area contributed by atoms with Gasteiger partial charge in [-0.1, -0.05) is 54.1 Å². The predicted molar refractivity (Wildman–Crippen MR) is 107 cm³/mol. The van der Waals surface area contributed by atoms with E-state index < -0.39 is 0 Å². The molecule has 0 spiro atoms. The molecule has 0 atom stereocenters. The Labute approximate surface area is 153 Å². The first-order chi connectivity index (χ1) is 12.0. The summed E-state index contributed by atoms with van der Waals surface area (Å²) in [5, 5.41) is 6.88. The summed E-state index contributed by atoms with van der Waals surface area (Å²) in [6, 6.07) is 17.0. The Bertz CT molecular complexity index is 944. The molecular weight excluding hydrogens is 326 g/mol. The number of hydrogen-bond acceptors (Lipinski definition) is 3. The van der Waals surface area contributed by atoms with Crippen LogP contribution >= 0.6 is 11.3 Å². The van der Waals surface area contributed by atoms with Crippen LogP contribution in [0.1, 0.15) is 30.5 Å². The minimum atomic E-state index is 0.226. The van der Waals surface area contributed by atoms with Crippen molar-refractivity contribution in [3.05, 3.63) is 75.4 Å². The number of thiazole rings is 1. The maximum atomic E-state index is 4.76. The summed E-state index contributed by atoms with van der Waals surface area (Å²) in [5.41, 5.74) is 5.79. The molecule has 2 aromatic carbocycles. The zero-order valence-corrected chi connectivity index (χ0v) is 15.9. The van der Waals surface area contributed by atoms with Crippen LogP contribution in [-0.4, -0.2) is 16.9 Å². The molecule has 1 heterocycles. The van der Waals surface area contributed by atoms with Crippen molar-refractivity contribution in [2.45, 2.75) is 33.7 Å². The van der Waals surface area contributed by atoms with Gasteiger partial charge in [0.25, 0.3) is 0 Å². The molecule has 4 heteroatoms. The van der Waals surface area contributed by atoms with Gasteiger partial charge in [-0.25, -0.2) is 4.68 Å². The van der Waals surface area contributed by atoms with E-state index in [-0.39, 0.29) is 6.04 Å². The Balaban J connectivity index is 2.10. The van der Waals surface area contributed by atoms with Gasteiger partial charge < -0.3 is 0 Å². The highest BCUT2D eigenvalue weighted by molar-refractivity contribution is 7.07. The Morgan fingerprint density at radius 2 is 1.72 bits per heavy atom. The normalized spacial score (nSPS) is 12.4. The van der Waals surface area contributed by atoms with Crippen molar-refractivity contribution in [3.63, 3.8) is 0 Å². The number of benzene rings is 2. The molecule has 3 nitrogen and oxygen atoms in total. The largest absolute Gasteiger partial charge is 0.255 e. The lowest BCUT2D eigenvalue weighted by atomic mass is 10.1. The Morgan fingerprint density at radius 3 is 2.40 bits per heavy atom. The van der Waals surface area contributed by atoms with Crippen LogP contribution < -0.4 is 4.80 Å². The van der Waals surface area contributed by atoms with Gasteiger partial charge in [-0.15, -0.1) is 11.3 Å². The molecular formula is C21H23N3S.